The Labute approximate surface area is 143 Å². The van der Waals surface area contributed by atoms with Crippen LogP contribution in [0.25, 0.3) is 0 Å². The summed E-state index contributed by atoms with van der Waals surface area (Å²) >= 11 is 1.23. The molecule has 0 aliphatic carbocycles. The molecule has 128 valence electrons. The molecule has 1 amide bonds. The Hall–Kier alpha value is -1.49. The number of amides is 1. The lowest BCUT2D eigenvalue weighted by atomic mass is 10.1. The molecular weight excluding hydrogens is 310 g/mol. The van der Waals surface area contributed by atoms with E-state index < -0.39 is 17.7 Å². The molecule has 1 aromatic carbocycles. The van der Waals surface area contributed by atoms with Gasteiger partial charge in [-0.1, -0.05) is 62.9 Å². The number of hydrogen-bond donors (Lipinski definition) is 1. The van der Waals surface area contributed by atoms with Crippen molar-refractivity contribution in [3.8, 4) is 0 Å². The third-order valence-corrected chi connectivity index (χ3v) is 3.76. The van der Waals surface area contributed by atoms with Crippen LogP contribution in [0, 0.1) is 0 Å². The molecule has 0 fully saturated rings. The third kappa shape index (κ3) is 8.65. The number of ether oxygens (including phenoxy) is 1. The van der Waals surface area contributed by atoms with Crippen LogP contribution >= 0.6 is 11.8 Å². The van der Waals surface area contributed by atoms with Crippen molar-refractivity contribution in [1.29, 1.82) is 0 Å². The number of alkyl carbamates (subject to hydrolysis) is 1. The van der Waals surface area contributed by atoms with E-state index in [0.717, 1.165) is 5.56 Å². The predicted molar refractivity (Wildman–Crippen MR) is 95.7 cm³/mol. The Morgan fingerprint density at radius 3 is 2.13 bits per heavy atom. The van der Waals surface area contributed by atoms with Gasteiger partial charge in [0.25, 0.3) is 0 Å². The SMILES string of the molecule is CC(C)(C)OC(=O)N[C@@H](Cc1ccccc1)C(=O)SC(C)(C)C. The minimum absolute atomic E-state index is 0.0628. The highest BCUT2D eigenvalue weighted by Gasteiger charge is 2.28. The van der Waals surface area contributed by atoms with Gasteiger partial charge in [-0.15, -0.1) is 0 Å². The van der Waals surface area contributed by atoms with Crippen molar-refractivity contribution in [3.63, 3.8) is 0 Å². The molecule has 1 N–H and O–H groups in total. The van der Waals surface area contributed by atoms with E-state index in [-0.39, 0.29) is 9.86 Å². The van der Waals surface area contributed by atoms with Crippen LogP contribution in [0.5, 0.6) is 0 Å². The molecule has 0 saturated carbocycles. The van der Waals surface area contributed by atoms with Crippen molar-refractivity contribution >= 4 is 23.0 Å². The van der Waals surface area contributed by atoms with Crippen molar-refractivity contribution in [1.82, 2.24) is 5.32 Å². The molecule has 0 spiro atoms. The lowest BCUT2D eigenvalue weighted by Crippen LogP contribution is -2.44. The van der Waals surface area contributed by atoms with E-state index >= 15 is 0 Å². The summed E-state index contributed by atoms with van der Waals surface area (Å²) in [5, 5.41) is 2.65. The number of nitrogens with one attached hydrogen (secondary N) is 1. The fourth-order valence-corrected chi connectivity index (χ4v) is 2.75. The summed E-state index contributed by atoms with van der Waals surface area (Å²) in [6.45, 7) is 11.3. The molecule has 1 aromatic rings. The highest BCUT2D eigenvalue weighted by atomic mass is 32.2. The van der Waals surface area contributed by atoms with Crippen LogP contribution in [0.2, 0.25) is 0 Å². The smallest absolute Gasteiger partial charge is 0.408 e. The highest BCUT2D eigenvalue weighted by molar-refractivity contribution is 8.14. The van der Waals surface area contributed by atoms with E-state index in [2.05, 4.69) is 5.32 Å². The average Bonchev–Trinajstić information content (AvgIpc) is 2.34. The minimum atomic E-state index is -0.614. The van der Waals surface area contributed by atoms with E-state index in [0.29, 0.717) is 6.42 Å². The Bertz CT molecular complexity index is 529. The van der Waals surface area contributed by atoms with Gasteiger partial charge in [-0.25, -0.2) is 4.79 Å². The van der Waals surface area contributed by atoms with Gasteiger partial charge in [0.15, 0.2) is 0 Å². The summed E-state index contributed by atoms with van der Waals surface area (Å²) in [5.74, 6) is 0. The van der Waals surface area contributed by atoms with Crippen LogP contribution in [-0.2, 0) is 16.0 Å². The normalized spacial score (nSPS) is 13.3. The van der Waals surface area contributed by atoms with Gasteiger partial charge < -0.3 is 10.1 Å². The predicted octanol–water partition coefficient (Wildman–Crippen LogP) is 4.18. The van der Waals surface area contributed by atoms with Crippen LogP contribution < -0.4 is 5.32 Å². The maximum Gasteiger partial charge on any atom is 0.408 e. The first-order chi connectivity index (χ1) is 10.5. The van der Waals surface area contributed by atoms with Crippen LogP contribution in [-0.4, -0.2) is 27.6 Å². The van der Waals surface area contributed by atoms with Crippen molar-refractivity contribution in [3.05, 3.63) is 35.9 Å². The van der Waals surface area contributed by atoms with Crippen molar-refractivity contribution in [2.24, 2.45) is 0 Å². The first kappa shape index (κ1) is 19.6. The van der Waals surface area contributed by atoms with E-state index in [1.165, 1.54) is 11.8 Å². The maximum atomic E-state index is 12.6. The molecule has 0 aliphatic rings. The fraction of sp³-hybridized carbons (Fsp3) is 0.556. The maximum absolute atomic E-state index is 12.6. The van der Waals surface area contributed by atoms with Crippen molar-refractivity contribution in [2.75, 3.05) is 0 Å². The average molecular weight is 337 g/mol. The number of hydrogen-bond acceptors (Lipinski definition) is 4. The molecule has 0 bridgehead atoms. The molecule has 0 saturated heterocycles. The molecular formula is C18H27NO3S. The third-order valence-electron chi connectivity index (χ3n) is 2.66. The number of carbonyl (C=O) groups excluding carboxylic acids is 2. The van der Waals surface area contributed by atoms with Gasteiger partial charge >= 0.3 is 6.09 Å². The quantitative estimate of drug-likeness (QED) is 0.895. The zero-order valence-corrected chi connectivity index (χ0v) is 15.6. The first-order valence-electron chi connectivity index (χ1n) is 7.72. The van der Waals surface area contributed by atoms with Crippen molar-refractivity contribution in [2.45, 2.75) is 64.4 Å². The molecule has 0 radical (unpaired) electrons. The van der Waals surface area contributed by atoms with Crippen LogP contribution in [0.1, 0.15) is 47.1 Å². The van der Waals surface area contributed by atoms with Crippen LogP contribution in [0.4, 0.5) is 4.79 Å². The molecule has 0 unspecified atom stereocenters. The Balaban J connectivity index is 2.83. The lowest BCUT2D eigenvalue weighted by Gasteiger charge is -2.25. The zero-order chi connectivity index (χ0) is 17.7. The molecule has 0 aliphatic heterocycles. The largest absolute Gasteiger partial charge is 0.444 e. The van der Waals surface area contributed by atoms with Gasteiger partial charge in [0, 0.05) is 11.2 Å². The standard InChI is InChI=1S/C18H27NO3S/c1-17(2,3)22-16(21)19-14(15(20)23-18(4,5)6)12-13-10-8-7-9-11-13/h7-11,14H,12H2,1-6H3,(H,19,21)/t14-/m0/s1. The number of thioether (sulfide) groups is 1. The lowest BCUT2D eigenvalue weighted by molar-refractivity contribution is -0.112. The van der Waals surface area contributed by atoms with E-state index in [9.17, 15) is 9.59 Å². The summed E-state index contributed by atoms with van der Waals surface area (Å²) in [5.41, 5.74) is 0.401. The highest BCUT2D eigenvalue weighted by Crippen LogP contribution is 2.26. The second-order valence-electron chi connectivity index (χ2n) is 7.42. The molecule has 1 atom stereocenters. The summed E-state index contributed by atoms with van der Waals surface area (Å²) in [6.07, 6.45) is -0.122. The molecule has 5 heteroatoms. The summed E-state index contributed by atoms with van der Waals surface area (Å²) in [6, 6.07) is 9.03. The molecule has 23 heavy (non-hydrogen) atoms. The van der Waals surface area contributed by atoms with E-state index in [1.807, 2.05) is 51.1 Å². The van der Waals surface area contributed by atoms with Gasteiger partial charge in [0.2, 0.25) is 5.12 Å². The summed E-state index contributed by atoms with van der Waals surface area (Å²) in [4.78, 5) is 24.6. The fourth-order valence-electron chi connectivity index (χ4n) is 1.87. The second-order valence-corrected chi connectivity index (χ2v) is 9.25. The van der Waals surface area contributed by atoms with E-state index in [4.69, 9.17) is 4.74 Å². The number of rotatable bonds is 4. The van der Waals surface area contributed by atoms with Gasteiger partial charge in [-0.05, 0) is 26.3 Å². The van der Waals surface area contributed by atoms with Gasteiger partial charge in [0.05, 0.1) is 0 Å². The molecule has 0 heterocycles. The van der Waals surface area contributed by atoms with Gasteiger partial charge in [-0.2, -0.15) is 0 Å². The number of benzene rings is 1. The monoisotopic (exact) mass is 337 g/mol. The first-order valence-corrected chi connectivity index (χ1v) is 8.54. The second kappa shape index (κ2) is 7.86. The summed E-state index contributed by atoms with van der Waals surface area (Å²) < 4.78 is 5.07. The Morgan fingerprint density at radius 1 is 1.09 bits per heavy atom. The van der Waals surface area contributed by atoms with E-state index in [1.54, 1.807) is 20.8 Å². The van der Waals surface area contributed by atoms with Crippen molar-refractivity contribution < 1.29 is 14.3 Å². The van der Waals surface area contributed by atoms with Crippen LogP contribution in [0.3, 0.4) is 0 Å². The minimum Gasteiger partial charge on any atom is -0.444 e. The molecule has 1 rings (SSSR count). The van der Waals surface area contributed by atoms with Gasteiger partial charge in [0.1, 0.15) is 11.6 Å². The van der Waals surface area contributed by atoms with Crippen LogP contribution in [0.15, 0.2) is 30.3 Å². The Morgan fingerprint density at radius 2 is 1.65 bits per heavy atom. The topological polar surface area (TPSA) is 55.4 Å². The number of carbonyl (C=O) groups is 2. The zero-order valence-electron chi connectivity index (χ0n) is 14.8. The molecule has 4 nitrogen and oxygen atoms in total. The van der Waals surface area contributed by atoms with Gasteiger partial charge in [-0.3, -0.25) is 4.79 Å². The Kier molecular flexibility index (Phi) is 6.69. The summed E-state index contributed by atoms with van der Waals surface area (Å²) in [7, 11) is 0. The molecule has 0 aromatic heterocycles.